The maximum absolute atomic E-state index is 6.29. The van der Waals surface area contributed by atoms with E-state index >= 15 is 0 Å². The fourth-order valence-electron chi connectivity index (χ4n) is 7.75. The molecule has 1 aliphatic carbocycles. The predicted octanol–water partition coefficient (Wildman–Crippen LogP) is 11.8. The molecule has 0 aliphatic heterocycles. The Morgan fingerprint density at radius 3 is 1.88 bits per heavy atom. The Labute approximate surface area is 301 Å². The molecule has 0 unspecified atom stereocenters. The first-order chi connectivity index (χ1) is 25.5. The van der Waals surface area contributed by atoms with Crippen molar-refractivity contribution in [2.24, 2.45) is 0 Å². The van der Waals surface area contributed by atoms with E-state index in [1.807, 2.05) is 48.7 Å². The zero-order valence-electron chi connectivity index (χ0n) is 28.7. The molecule has 5 heteroatoms. The van der Waals surface area contributed by atoms with E-state index in [9.17, 15) is 0 Å². The first-order valence-corrected chi connectivity index (χ1v) is 17.5. The van der Waals surface area contributed by atoms with Crippen molar-refractivity contribution in [1.29, 1.82) is 0 Å². The molecule has 10 rings (SSSR count). The Balaban J connectivity index is 1.07. The first kappa shape index (κ1) is 30.1. The van der Waals surface area contributed by atoms with Gasteiger partial charge in [0.05, 0.1) is 0 Å². The Morgan fingerprint density at radius 2 is 1.10 bits per heavy atom. The van der Waals surface area contributed by atoms with Gasteiger partial charge < -0.3 is 4.42 Å². The van der Waals surface area contributed by atoms with Crippen molar-refractivity contribution in [2.45, 2.75) is 19.3 Å². The van der Waals surface area contributed by atoms with Gasteiger partial charge in [0.1, 0.15) is 11.2 Å². The van der Waals surface area contributed by atoms with Gasteiger partial charge in [-0.15, -0.1) is 0 Å². The lowest BCUT2D eigenvalue weighted by molar-refractivity contribution is 0.657. The molecule has 0 spiro atoms. The van der Waals surface area contributed by atoms with E-state index < -0.39 is 0 Å². The van der Waals surface area contributed by atoms with Crippen LogP contribution >= 0.6 is 0 Å². The quantitative estimate of drug-likeness (QED) is 0.183. The normalized spacial score (nSPS) is 13.0. The van der Waals surface area contributed by atoms with Crippen molar-refractivity contribution in [3.63, 3.8) is 0 Å². The topological polar surface area (TPSA) is 64.7 Å². The van der Waals surface area contributed by atoms with Crippen LogP contribution in [0, 0.1) is 0 Å². The second-order valence-electron chi connectivity index (χ2n) is 13.9. The van der Waals surface area contributed by atoms with Gasteiger partial charge in [0.15, 0.2) is 17.5 Å². The molecule has 5 nitrogen and oxygen atoms in total. The third-order valence-electron chi connectivity index (χ3n) is 10.4. The van der Waals surface area contributed by atoms with E-state index in [1.54, 1.807) is 6.20 Å². The number of furan rings is 1. The molecule has 0 bridgehead atoms. The SMILES string of the molecule is CC1(C)c2cc(-c3cccc(-c4nc(-c5ccccc5)nc(-c5ccc(-c6cccnc6)cc5)n4)c3)ccc2-c2c1ccc1oc3ccccc3c21. The van der Waals surface area contributed by atoms with E-state index in [0.717, 1.165) is 55.5 Å². The molecule has 1 aliphatic rings. The zero-order chi connectivity index (χ0) is 34.8. The average molecular weight is 669 g/mol. The highest BCUT2D eigenvalue weighted by Crippen LogP contribution is 2.53. The van der Waals surface area contributed by atoms with Crippen molar-refractivity contribution in [2.75, 3.05) is 0 Å². The summed E-state index contributed by atoms with van der Waals surface area (Å²) in [5.41, 5.74) is 14.1. The molecule has 3 heterocycles. The molecule has 9 aromatic rings. The van der Waals surface area contributed by atoms with Gasteiger partial charge in [-0.25, -0.2) is 15.0 Å². The highest BCUT2D eigenvalue weighted by atomic mass is 16.3. The fraction of sp³-hybridized carbons (Fsp3) is 0.0638. The minimum absolute atomic E-state index is 0.175. The largest absolute Gasteiger partial charge is 0.456 e. The van der Waals surface area contributed by atoms with Crippen LogP contribution in [0.5, 0.6) is 0 Å². The number of hydrogen-bond donors (Lipinski definition) is 0. The summed E-state index contributed by atoms with van der Waals surface area (Å²) in [7, 11) is 0. The summed E-state index contributed by atoms with van der Waals surface area (Å²) in [4.78, 5) is 19.3. The maximum Gasteiger partial charge on any atom is 0.164 e. The lowest BCUT2D eigenvalue weighted by atomic mass is 9.81. The first-order valence-electron chi connectivity index (χ1n) is 17.5. The van der Waals surface area contributed by atoms with Gasteiger partial charge in [-0.05, 0) is 74.8 Å². The molecule has 0 amide bonds. The predicted molar refractivity (Wildman–Crippen MR) is 210 cm³/mol. The maximum atomic E-state index is 6.29. The molecule has 0 N–H and O–H groups in total. The van der Waals surface area contributed by atoms with Crippen molar-refractivity contribution >= 4 is 21.9 Å². The molecule has 0 saturated carbocycles. The number of nitrogens with zero attached hydrogens (tertiary/aromatic N) is 4. The number of aromatic nitrogens is 4. The van der Waals surface area contributed by atoms with Crippen LogP contribution in [0.4, 0.5) is 0 Å². The molecule has 52 heavy (non-hydrogen) atoms. The van der Waals surface area contributed by atoms with E-state index in [-0.39, 0.29) is 5.41 Å². The highest BCUT2D eigenvalue weighted by Gasteiger charge is 2.37. The van der Waals surface area contributed by atoms with Crippen LogP contribution in [0.25, 0.3) is 89.5 Å². The van der Waals surface area contributed by atoms with Gasteiger partial charge in [-0.3, -0.25) is 4.98 Å². The number of hydrogen-bond acceptors (Lipinski definition) is 5. The Kier molecular flexibility index (Phi) is 6.77. The monoisotopic (exact) mass is 668 g/mol. The molecular weight excluding hydrogens is 637 g/mol. The molecule has 0 fully saturated rings. The van der Waals surface area contributed by atoms with Gasteiger partial charge >= 0.3 is 0 Å². The standard InChI is InChI=1S/C47H32N4O/c1-47(2)38-23-24-41-43(37-15-6-7-16-40(37)52-41)42(38)36-22-21-33(27-39(36)47)32-12-8-13-34(26-32)46-50-44(30-10-4-3-5-11-30)49-45(51-46)31-19-17-29(18-20-31)35-14-9-25-48-28-35/h3-28H,1-2H3. The van der Waals surface area contributed by atoms with Crippen LogP contribution < -0.4 is 0 Å². The Bertz CT molecular complexity index is 2800. The molecule has 3 aromatic heterocycles. The third-order valence-corrected chi connectivity index (χ3v) is 10.4. The smallest absolute Gasteiger partial charge is 0.164 e. The minimum Gasteiger partial charge on any atom is -0.456 e. The lowest BCUT2D eigenvalue weighted by Gasteiger charge is -2.22. The van der Waals surface area contributed by atoms with Gasteiger partial charge in [-0.2, -0.15) is 0 Å². The van der Waals surface area contributed by atoms with E-state index in [2.05, 4.69) is 122 Å². The average Bonchev–Trinajstić information content (AvgIpc) is 3.70. The van der Waals surface area contributed by atoms with E-state index in [1.165, 1.54) is 27.6 Å². The summed E-state index contributed by atoms with van der Waals surface area (Å²) >= 11 is 0. The Hall–Kier alpha value is -6.72. The second-order valence-corrected chi connectivity index (χ2v) is 13.9. The third kappa shape index (κ3) is 4.85. The molecule has 6 aromatic carbocycles. The molecule has 0 saturated heterocycles. The van der Waals surface area contributed by atoms with Crippen LogP contribution in [0.3, 0.4) is 0 Å². The number of fused-ring (bicyclic) bond motifs is 7. The van der Waals surface area contributed by atoms with Crippen LogP contribution in [-0.2, 0) is 5.41 Å². The summed E-state index contributed by atoms with van der Waals surface area (Å²) in [5, 5.41) is 2.35. The van der Waals surface area contributed by atoms with E-state index in [4.69, 9.17) is 19.4 Å². The van der Waals surface area contributed by atoms with Crippen molar-refractivity contribution in [3.8, 4) is 67.5 Å². The molecular formula is C47H32N4O. The second kappa shape index (κ2) is 11.7. The van der Waals surface area contributed by atoms with Crippen molar-refractivity contribution < 1.29 is 4.42 Å². The molecule has 246 valence electrons. The van der Waals surface area contributed by atoms with Crippen molar-refractivity contribution in [3.05, 3.63) is 169 Å². The number of para-hydroxylation sites is 1. The van der Waals surface area contributed by atoms with Crippen molar-refractivity contribution in [1.82, 2.24) is 19.9 Å². The zero-order valence-corrected chi connectivity index (χ0v) is 28.7. The van der Waals surface area contributed by atoms with Crippen LogP contribution in [0.15, 0.2) is 162 Å². The number of rotatable bonds is 5. The van der Waals surface area contributed by atoms with Gasteiger partial charge in [-0.1, -0.05) is 129 Å². The summed E-state index contributed by atoms with van der Waals surface area (Å²) in [6.07, 6.45) is 3.66. The molecule has 0 radical (unpaired) electrons. The van der Waals surface area contributed by atoms with E-state index in [0.29, 0.717) is 17.5 Å². The number of benzene rings is 6. The van der Waals surface area contributed by atoms with Crippen LogP contribution in [0.2, 0.25) is 0 Å². The minimum atomic E-state index is -0.175. The summed E-state index contributed by atoms with van der Waals surface area (Å²) in [5.74, 6) is 1.89. The number of pyridine rings is 1. The lowest BCUT2D eigenvalue weighted by Crippen LogP contribution is -2.14. The highest BCUT2D eigenvalue weighted by molar-refractivity contribution is 6.15. The van der Waals surface area contributed by atoms with Gasteiger partial charge in [0.2, 0.25) is 0 Å². The Morgan fingerprint density at radius 1 is 0.462 bits per heavy atom. The fourth-order valence-corrected chi connectivity index (χ4v) is 7.75. The summed E-state index contributed by atoms with van der Waals surface area (Å²) in [6, 6.07) is 50.6. The van der Waals surface area contributed by atoms with Crippen LogP contribution in [-0.4, -0.2) is 19.9 Å². The molecule has 0 atom stereocenters. The summed E-state index contributed by atoms with van der Waals surface area (Å²) in [6.45, 7) is 4.65. The van der Waals surface area contributed by atoms with Gasteiger partial charge in [0, 0.05) is 45.3 Å². The van der Waals surface area contributed by atoms with Gasteiger partial charge in [0.25, 0.3) is 0 Å². The van der Waals surface area contributed by atoms with Crippen LogP contribution in [0.1, 0.15) is 25.0 Å². The summed E-state index contributed by atoms with van der Waals surface area (Å²) < 4.78 is 6.29.